The second-order valence-electron chi connectivity index (χ2n) is 3.88. The van der Waals surface area contributed by atoms with Gasteiger partial charge in [0.15, 0.2) is 0 Å². The lowest BCUT2D eigenvalue weighted by atomic mass is 10.2. The standard InChI is InChI=1S/C12H22ClN3/c1-4-8-14-9-7-11-12(13)10(5-2)15-16(11)6-3/h14H,4-9H2,1-3H3. The monoisotopic (exact) mass is 243 g/mol. The summed E-state index contributed by atoms with van der Waals surface area (Å²) in [5.41, 5.74) is 2.19. The van der Waals surface area contributed by atoms with E-state index in [1.54, 1.807) is 0 Å². The van der Waals surface area contributed by atoms with Crippen LogP contribution in [0.15, 0.2) is 0 Å². The molecule has 0 radical (unpaired) electrons. The molecule has 0 atom stereocenters. The molecule has 0 bridgehead atoms. The van der Waals surface area contributed by atoms with E-state index in [0.717, 1.165) is 43.2 Å². The fourth-order valence-corrected chi connectivity index (χ4v) is 2.13. The highest BCUT2D eigenvalue weighted by Crippen LogP contribution is 2.21. The average Bonchev–Trinajstić information content (AvgIpc) is 2.61. The van der Waals surface area contributed by atoms with Crippen LogP contribution in [-0.4, -0.2) is 22.9 Å². The lowest BCUT2D eigenvalue weighted by molar-refractivity contribution is 0.591. The molecular weight excluding hydrogens is 222 g/mol. The Kier molecular flexibility index (Phi) is 5.85. The highest BCUT2D eigenvalue weighted by Gasteiger charge is 2.13. The summed E-state index contributed by atoms with van der Waals surface area (Å²) >= 11 is 6.31. The van der Waals surface area contributed by atoms with Gasteiger partial charge in [-0.15, -0.1) is 0 Å². The summed E-state index contributed by atoms with van der Waals surface area (Å²) in [7, 11) is 0. The lowest BCUT2D eigenvalue weighted by Gasteiger charge is -2.06. The number of hydrogen-bond donors (Lipinski definition) is 1. The van der Waals surface area contributed by atoms with Gasteiger partial charge in [0.25, 0.3) is 0 Å². The van der Waals surface area contributed by atoms with Gasteiger partial charge in [0, 0.05) is 19.5 Å². The molecule has 92 valence electrons. The van der Waals surface area contributed by atoms with Crippen LogP contribution in [-0.2, 0) is 19.4 Å². The number of aryl methyl sites for hydroxylation is 2. The van der Waals surface area contributed by atoms with E-state index >= 15 is 0 Å². The first-order valence-electron chi connectivity index (χ1n) is 6.19. The molecule has 0 aromatic carbocycles. The highest BCUT2D eigenvalue weighted by molar-refractivity contribution is 6.31. The molecule has 4 heteroatoms. The molecule has 1 aromatic rings. The zero-order chi connectivity index (χ0) is 12.0. The molecule has 1 heterocycles. The Morgan fingerprint density at radius 2 is 2.00 bits per heavy atom. The summed E-state index contributed by atoms with van der Waals surface area (Å²) < 4.78 is 2.02. The Balaban J connectivity index is 2.65. The van der Waals surface area contributed by atoms with Crippen molar-refractivity contribution in [1.29, 1.82) is 0 Å². The zero-order valence-corrected chi connectivity index (χ0v) is 11.3. The van der Waals surface area contributed by atoms with Gasteiger partial charge in [0.1, 0.15) is 0 Å². The molecule has 0 saturated heterocycles. The smallest absolute Gasteiger partial charge is 0.0850 e. The summed E-state index contributed by atoms with van der Waals surface area (Å²) in [5, 5.41) is 8.76. The Bertz CT molecular complexity index is 320. The van der Waals surface area contributed by atoms with Crippen molar-refractivity contribution in [3.05, 3.63) is 16.4 Å². The van der Waals surface area contributed by atoms with Crippen LogP contribution in [0, 0.1) is 0 Å². The fraction of sp³-hybridized carbons (Fsp3) is 0.750. The number of nitrogens with zero attached hydrogens (tertiary/aromatic N) is 2. The van der Waals surface area contributed by atoms with E-state index < -0.39 is 0 Å². The lowest BCUT2D eigenvalue weighted by Crippen LogP contribution is -2.19. The molecule has 0 spiro atoms. The Labute approximate surface area is 103 Å². The average molecular weight is 244 g/mol. The van der Waals surface area contributed by atoms with Crippen LogP contribution in [0.25, 0.3) is 0 Å². The Morgan fingerprint density at radius 3 is 2.56 bits per heavy atom. The summed E-state index contributed by atoms with van der Waals surface area (Å²) in [6.45, 7) is 9.30. The maximum Gasteiger partial charge on any atom is 0.0850 e. The predicted octanol–water partition coefficient (Wildman–Crippen LogP) is 2.66. The van der Waals surface area contributed by atoms with Crippen molar-refractivity contribution in [1.82, 2.24) is 15.1 Å². The number of nitrogens with one attached hydrogen (secondary N) is 1. The van der Waals surface area contributed by atoms with Gasteiger partial charge in [0.2, 0.25) is 0 Å². The third-order valence-electron chi connectivity index (χ3n) is 2.66. The predicted molar refractivity (Wildman–Crippen MR) is 69.2 cm³/mol. The van der Waals surface area contributed by atoms with Crippen LogP contribution < -0.4 is 5.32 Å². The van der Waals surface area contributed by atoms with Crippen LogP contribution in [0.3, 0.4) is 0 Å². The van der Waals surface area contributed by atoms with Gasteiger partial charge < -0.3 is 5.32 Å². The van der Waals surface area contributed by atoms with E-state index in [1.807, 2.05) is 4.68 Å². The zero-order valence-electron chi connectivity index (χ0n) is 10.5. The van der Waals surface area contributed by atoms with E-state index in [1.165, 1.54) is 12.1 Å². The number of hydrogen-bond acceptors (Lipinski definition) is 2. The van der Waals surface area contributed by atoms with E-state index in [4.69, 9.17) is 11.6 Å². The molecule has 0 amide bonds. The molecule has 16 heavy (non-hydrogen) atoms. The Hall–Kier alpha value is -0.540. The van der Waals surface area contributed by atoms with Crippen molar-refractivity contribution >= 4 is 11.6 Å². The summed E-state index contributed by atoms with van der Waals surface area (Å²) in [6, 6.07) is 0. The fourth-order valence-electron chi connectivity index (χ4n) is 1.76. The van der Waals surface area contributed by atoms with Gasteiger partial charge in [-0.05, 0) is 26.3 Å². The molecule has 0 aliphatic heterocycles. The van der Waals surface area contributed by atoms with Crippen LogP contribution >= 0.6 is 11.6 Å². The molecule has 1 aromatic heterocycles. The summed E-state index contributed by atoms with van der Waals surface area (Å²) in [6.07, 6.45) is 3.03. The van der Waals surface area contributed by atoms with Crippen molar-refractivity contribution in [3.63, 3.8) is 0 Å². The molecule has 0 saturated carbocycles. The SMILES string of the molecule is CCCNCCc1c(Cl)c(CC)nn1CC. The van der Waals surface area contributed by atoms with Crippen LogP contribution in [0.4, 0.5) is 0 Å². The minimum atomic E-state index is 0.864. The molecule has 1 N–H and O–H groups in total. The van der Waals surface area contributed by atoms with Crippen molar-refractivity contribution in [2.45, 2.75) is 46.6 Å². The van der Waals surface area contributed by atoms with Crippen LogP contribution in [0.2, 0.25) is 5.02 Å². The van der Waals surface area contributed by atoms with Crippen molar-refractivity contribution < 1.29 is 0 Å². The highest BCUT2D eigenvalue weighted by atomic mass is 35.5. The van der Waals surface area contributed by atoms with E-state index in [9.17, 15) is 0 Å². The van der Waals surface area contributed by atoms with E-state index in [-0.39, 0.29) is 0 Å². The van der Waals surface area contributed by atoms with Gasteiger partial charge >= 0.3 is 0 Å². The van der Waals surface area contributed by atoms with E-state index in [0.29, 0.717) is 0 Å². The van der Waals surface area contributed by atoms with Gasteiger partial charge in [0.05, 0.1) is 16.4 Å². The molecule has 1 rings (SSSR count). The maximum atomic E-state index is 6.31. The third kappa shape index (κ3) is 3.22. The van der Waals surface area contributed by atoms with Gasteiger partial charge in [-0.1, -0.05) is 25.4 Å². The molecular formula is C12H22ClN3. The first kappa shape index (κ1) is 13.5. The molecule has 3 nitrogen and oxygen atoms in total. The van der Waals surface area contributed by atoms with Crippen molar-refractivity contribution in [2.24, 2.45) is 0 Å². The molecule has 0 aliphatic carbocycles. The molecule has 0 unspecified atom stereocenters. The quantitative estimate of drug-likeness (QED) is 0.747. The topological polar surface area (TPSA) is 29.9 Å². The first-order valence-corrected chi connectivity index (χ1v) is 6.57. The number of rotatable bonds is 7. The second kappa shape index (κ2) is 6.92. The Morgan fingerprint density at radius 1 is 1.25 bits per heavy atom. The third-order valence-corrected chi connectivity index (χ3v) is 3.10. The second-order valence-corrected chi connectivity index (χ2v) is 4.25. The number of aromatic nitrogens is 2. The summed E-state index contributed by atoms with van der Waals surface area (Å²) in [4.78, 5) is 0. The molecule has 0 fully saturated rings. The largest absolute Gasteiger partial charge is 0.316 e. The van der Waals surface area contributed by atoms with Gasteiger partial charge in [-0.25, -0.2) is 0 Å². The maximum absolute atomic E-state index is 6.31. The van der Waals surface area contributed by atoms with Crippen molar-refractivity contribution in [2.75, 3.05) is 13.1 Å². The van der Waals surface area contributed by atoms with Crippen LogP contribution in [0.5, 0.6) is 0 Å². The van der Waals surface area contributed by atoms with E-state index in [2.05, 4.69) is 31.2 Å². The first-order chi connectivity index (χ1) is 7.74. The van der Waals surface area contributed by atoms with Gasteiger partial charge in [-0.2, -0.15) is 5.10 Å². The minimum Gasteiger partial charge on any atom is -0.316 e. The molecule has 0 aliphatic rings. The van der Waals surface area contributed by atoms with Crippen molar-refractivity contribution in [3.8, 4) is 0 Å². The normalized spacial score (nSPS) is 11.0. The van der Waals surface area contributed by atoms with Gasteiger partial charge in [-0.3, -0.25) is 4.68 Å². The van der Waals surface area contributed by atoms with Crippen LogP contribution in [0.1, 0.15) is 38.6 Å². The number of halogens is 1. The minimum absolute atomic E-state index is 0.864. The summed E-state index contributed by atoms with van der Waals surface area (Å²) in [5.74, 6) is 0.